The van der Waals surface area contributed by atoms with Crippen LogP contribution in [0.4, 0.5) is 8.78 Å². The second kappa shape index (κ2) is 61.4. The quantitative estimate of drug-likeness (QED) is 0.0112. The van der Waals surface area contributed by atoms with E-state index in [4.69, 9.17) is 90.0 Å². The van der Waals surface area contributed by atoms with Crippen LogP contribution < -0.4 is 56.8 Å². The lowest BCUT2D eigenvalue weighted by molar-refractivity contribution is -0.140. The molecule has 0 amide bonds. The maximum Gasteiger partial charge on any atom is 0.338 e. The zero-order valence-corrected chi connectivity index (χ0v) is 83.9. The number of ether oxygens (including phenoxy) is 19. The lowest BCUT2D eigenvalue weighted by Gasteiger charge is -2.15. The largest absolute Gasteiger partial charge is 0.493 e. The zero-order chi connectivity index (χ0) is 108. The minimum absolute atomic E-state index is 0.0144. The van der Waals surface area contributed by atoms with Gasteiger partial charge in [0.1, 0.15) is 110 Å². The molecule has 0 bridgehead atoms. The van der Waals surface area contributed by atoms with E-state index in [1.807, 2.05) is 6.07 Å². The van der Waals surface area contributed by atoms with Crippen LogP contribution >= 0.6 is 0 Å². The molecule has 0 saturated carbocycles. The summed E-state index contributed by atoms with van der Waals surface area (Å²) < 4.78 is 131. The molecular formula is C113H120F2O31. The number of benzene rings is 8. The van der Waals surface area contributed by atoms with E-state index < -0.39 is 83.3 Å². The predicted molar refractivity (Wildman–Crippen MR) is 542 cm³/mol. The summed E-state index contributed by atoms with van der Waals surface area (Å²) in [6.45, 7) is 62.7. The van der Waals surface area contributed by atoms with Crippen molar-refractivity contribution in [1.29, 1.82) is 0 Å². The molecule has 0 aliphatic heterocycles. The lowest BCUT2D eigenvalue weighted by Crippen LogP contribution is -2.13. The number of hydrogen-bond donors (Lipinski definition) is 0. The van der Waals surface area contributed by atoms with Crippen molar-refractivity contribution in [2.24, 2.45) is 0 Å². The Morgan fingerprint density at radius 2 is 0.404 bits per heavy atom. The number of carbonyl (C=O) groups is 12. The second-order valence-corrected chi connectivity index (χ2v) is 32.3. The monoisotopic (exact) mass is 2010 g/mol. The fraction of sp³-hybridized carbons (Fsp3) is 0.257. The minimum Gasteiger partial charge on any atom is -0.493 e. The Hall–Kier alpha value is -17.3. The lowest BCUT2D eigenvalue weighted by atomic mass is 10.0. The Kier molecular flexibility index (Phi) is 50.2. The number of hydrogen-bond acceptors (Lipinski definition) is 31. The molecule has 0 aliphatic rings. The van der Waals surface area contributed by atoms with Crippen LogP contribution in [0, 0.1) is 11.6 Å². The molecule has 8 aromatic carbocycles. The SMILES string of the molecule is C=C(C)C(=O)OCCCOc1cc(OCCCOC(=O)C(=C)C)cc(-c2ccc(OC(=O)C(=C)C)c(F)c2)c1.C=C(C)C(=O)OCCCOc1ccc(-c2ccc(OC(=O)C(=C)C)cc2)c(OCCOC(=O)C(=C)C)c1.C=C(C)C(=O)OCCOc1cc(OC(=O)C(=C)C)cc(-c2ccc(OC(=O)C(=C)C)c(F)c2)c1.C=C(C)C(=O)OCCOc1ccc(-c2ccc(OC(=O)C(=C)C)cc2)c(OCCOC(=O)C(=C)C)c1. The van der Waals surface area contributed by atoms with Gasteiger partial charge in [-0.3, -0.25) is 0 Å². The molecule has 0 fully saturated rings. The maximum atomic E-state index is 14.7. The van der Waals surface area contributed by atoms with Crippen LogP contribution in [0.2, 0.25) is 0 Å². The molecule has 0 heterocycles. The van der Waals surface area contributed by atoms with Gasteiger partial charge < -0.3 is 90.0 Å². The van der Waals surface area contributed by atoms with Crippen LogP contribution in [0.25, 0.3) is 44.5 Å². The smallest absolute Gasteiger partial charge is 0.338 e. The molecule has 0 atom stereocenters. The first-order chi connectivity index (χ1) is 69.1. The molecule has 0 aliphatic carbocycles. The summed E-state index contributed by atoms with van der Waals surface area (Å²) in [6, 6.07) is 42.2. The van der Waals surface area contributed by atoms with E-state index in [-0.39, 0.29) is 131 Å². The van der Waals surface area contributed by atoms with E-state index >= 15 is 0 Å². The molecule has 33 heteroatoms. The Morgan fingerprint density at radius 1 is 0.185 bits per heavy atom. The molecule has 146 heavy (non-hydrogen) atoms. The highest BCUT2D eigenvalue weighted by molar-refractivity contribution is 5.94. The summed E-state index contributed by atoms with van der Waals surface area (Å²) in [5.74, 6) is -4.40. The maximum absolute atomic E-state index is 14.7. The van der Waals surface area contributed by atoms with Crippen LogP contribution in [-0.2, 0) is 90.7 Å². The molecule has 8 rings (SSSR count). The van der Waals surface area contributed by atoms with Gasteiger partial charge in [0, 0.05) is 122 Å². The van der Waals surface area contributed by atoms with E-state index in [0.717, 1.165) is 22.3 Å². The molecule has 0 N–H and O–H groups in total. The molecule has 0 radical (unpaired) electrons. The van der Waals surface area contributed by atoms with E-state index in [0.29, 0.717) is 139 Å². The number of carbonyl (C=O) groups excluding carboxylic acids is 12. The van der Waals surface area contributed by atoms with Gasteiger partial charge in [0.25, 0.3) is 0 Å². The third kappa shape index (κ3) is 43.5. The number of rotatable bonds is 52. The molecule has 772 valence electrons. The first-order valence-electron chi connectivity index (χ1n) is 45.1. The second-order valence-electron chi connectivity index (χ2n) is 32.3. The molecule has 8 aromatic rings. The van der Waals surface area contributed by atoms with E-state index in [9.17, 15) is 66.3 Å². The molecule has 0 spiro atoms. The van der Waals surface area contributed by atoms with Crippen molar-refractivity contribution in [3.63, 3.8) is 0 Å². The van der Waals surface area contributed by atoms with Crippen molar-refractivity contribution in [1.82, 2.24) is 0 Å². The Labute approximate surface area is 847 Å². The normalized spacial score (nSPS) is 10.2. The van der Waals surface area contributed by atoms with Gasteiger partial charge in [0.05, 0.1) is 39.6 Å². The van der Waals surface area contributed by atoms with Crippen molar-refractivity contribution in [3.05, 3.63) is 315 Å². The summed E-state index contributed by atoms with van der Waals surface area (Å²) >= 11 is 0. The molecule has 0 unspecified atom stereocenters. The van der Waals surface area contributed by atoms with E-state index in [1.54, 1.807) is 165 Å². The molecule has 31 nitrogen and oxygen atoms in total. The van der Waals surface area contributed by atoms with Gasteiger partial charge in [-0.05, 0) is 214 Å². The first kappa shape index (κ1) is 119. The summed E-state index contributed by atoms with van der Waals surface area (Å²) in [6.07, 6.45) is 1.37. The first-order valence-corrected chi connectivity index (χ1v) is 45.1. The molecule has 0 aromatic heterocycles. The Balaban J connectivity index is 0.000000343. The van der Waals surface area contributed by atoms with E-state index in [1.165, 1.54) is 70.2 Å². The highest BCUT2D eigenvalue weighted by Crippen LogP contribution is 2.39. The topological polar surface area (TPSA) is 380 Å². The average Bonchev–Trinajstić information content (AvgIpc) is 0.827. The van der Waals surface area contributed by atoms with Gasteiger partial charge in [0.2, 0.25) is 0 Å². The highest BCUT2D eigenvalue weighted by atomic mass is 19.1. The fourth-order valence-electron chi connectivity index (χ4n) is 10.8. The minimum atomic E-state index is -0.773. The van der Waals surface area contributed by atoms with Crippen molar-refractivity contribution < 1.29 is 156 Å². The average molecular weight is 2010 g/mol. The third-order valence-electron chi connectivity index (χ3n) is 18.4. The summed E-state index contributed by atoms with van der Waals surface area (Å²) in [5.41, 5.74) is 8.23. The number of halogens is 2. The van der Waals surface area contributed by atoms with Crippen LogP contribution in [0.5, 0.6) is 69.0 Å². The Morgan fingerprint density at radius 3 is 0.685 bits per heavy atom. The van der Waals surface area contributed by atoms with Crippen LogP contribution in [0.15, 0.2) is 304 Å². The van der Waals surface area contributed by atoms with Gasteiger partial charge in [-0.1, -0.05) is 115 Å². The van der Waals surface area contributed by atoms with Crippen molar-refractivity contribution in [2.75, 3.05) is 92.5 Å². The van der Waals surface area contributed by atoms with E-state index in [2.05, 4.69) is 78.9 Å². The van der Waals surface area contributed by atoms with Crippen LogP contribution in [0.1, 0.15) is 102 Å². The third-order valence-corrected chi connectivity index (χ3v) is 18.4. The summed E-state index contributed by atoms with van der Waals surface area (Å²) in [5, 5.41) is 0. The van der Waals surface area contributed by atoms with Crippen molar-refractivity contribution >= 4 is 71.6 Å². The van der Waals surface area contributed by atoms with Gasteiger partial charge in [-0.15, -0.1) is 0 Å². The number of esters is 12. The molecule has 0 saturated heterocycles. The van der Waals surface area contributed by atoms with Crippen LogP contribution in [-0.4, -0.2) is 164 Å². The van der Waals surface area contributed by atoms with Gasteiger partial charge in [-0.25, -0.2) is 66.3 Å². The van der Waals surface area contributed by atoms with Crippen molar-refractivity contribution in [3.8, 4) is 114 Å². The summed E-state index contributed by atoms with van der Waals surface area (Å²) in [7, 11) is 0. The molecular weight excluding hydrogens is 1890 g/mol. The summed E-state index contributed by atoms with van der Waals surface area (Å²) in [4.78, 5) is 140. The van der Waals surface area contributed by atoms with Gasteiger partial charge in [-0.2, -0.15) is 0 Å². The van der Waals surface area contributed by atoms with Crippen molar-refractivity contribution in [2.45, 2.75) is 102 Å². The van der Waals surface area contributed by atoms with Crippen LogP contribution in [0.3, 0.4) is 0 Å². The standard InChI is InChI=1S/C30H33FO8.C29H32O8.C28H30O8.C26H25FO7/c1-19(2)28(32)37-13-7-11-35-24-15-23(16-25(18-24)36-12-8-14-38-29(33)20(3)4)22-9-10-27(26(31)17-22)39-30(34)21(5)6;1-19(2)27(30)35-15-7-14-33-24-12-13-25(26(18-24)34-16-17-36-28(31)20(3)4)22-8-10-23(11-9-22)37-29(32)21(5)6;1-18(2)26(29)34-15-13-32-23-11-12-24(25(17-23)33-14-16-35-27(30)19(3)4)21-7-9-22(10-8-21)36-28(31)20(5)6;1-15(2)24(28)32-10-9-31-20-11-19(12-21(14-20)33-25(29)16(3)4)18-7-8-23(22(27)13-18)34-26(30)17(5)6/h9-10,15-18H,1,3,5,7-8,11-14H2,2,4,6H3;8-13,18H,1,3,5,7,14-17H2,2,4,6H3;7-12,17H,1,3,5,13-16H2,2,4,6H3;7-8,11-14H,1,3,5,9-10H2,2,4,6H3. The predicted octanol–water partition coefficient (Wildman–Crippen LogP) is 20.8. The highest BCUT2D eigenvalue weighted by Gasteiger charge is 2.22. The Bertz CT molecular complexity index is 6150. The fourth-order valence-corrected chi connectivity index (χ4v) is 10.8. The van der Waals surface area contributed by atoms with Gasteiger partial charge >= 0.3 is 71.6 Å². The zero-order valence-electron chi connectivity index (χ0n) is 83.9. The van der Waals surface area contributed by atoms with Gasteiger partial charge in [0.15, 0.2) is 23.1 Å².